The van der Waals surface area contributed by atoms with Crippen molar-refractivity contribution in [3.8, 4) is 0 Å². The van der Waals surface area contributed by atoms with Gasteiger partial charge in [0.15, 0.2) is 0 Å². The van der Waals surface area contributed by atoms with Crippen LogP contribution in [0, 0.1) is 0 Å². The van der Waals surface area contributed by atoms with E-state index in [1.54, 1.807) is 0 Å². The zero-order valence-electron chi connectivity index (χ0n) is 10.0. The summed E-state index contributed by atoms with van der Waals surface area (Å²) in [6, 6.07) is 6.27. The van der Waals surface area contributed by atoms with Gasteiger partial charge in [0.25, 0.3) is 0 Å². The van der Waals surface area contributed by atoms with Crippen LogP contribution in [0.5, 0.6) is 0 Å². The minimum absolute atomic E-state index is 0.138. The first-order valence-corrected chi connectivity index (χ1v) is 7.31. The number of halogens is 1. The van der Waals surface area contributed by atoms with E-state index in [-0.39, 0.29) is 6.10 Å². The monoisotopic (exact) mass is 328 g/mol. The number of thiocarbonyl (C=S) groups is 1. The lowest BCUT2D eigenvalue weighted by Crippen LogP contribution is -2.29. The van der Waals surface area contributed by atoms with Gasteiger partial charge < -0.3 is 16.2 Å². The Labute approximate surface area is 121 Å². The summed E-state index contributed by atoms with van der Waals surface area (Å²) in [5, 5.41) is 13.0. The summed E-state index contributed by atoms with van der Waals surface area (Å²) in [5.74, 6) is 0. The molecule has 0 atom stereocenters. The zero-order valence-corrected chi connectivity index (χ0v) is 12.4. The van der Waals surface area contributed by atoms with Crippen molar-refractivity contribution in [2.45, 2.75) is 37.8 Å². The third-order valence-electron chi connectivity index (χ3n) is 3.32. The van der Waals surface area contributed by atoms with Crippen molar-refractivity contribution in [3.05, 3.63) is 28.2 Å². The highest BCUT2D eigenvalue weighted by molar-refractivity contribution is 9.10. The number of hydrogen-bond acceptors (Lipinski definition) is 3. The van der Waals surface area contributed by atoms with Gasteiger partial charge in [0, 0.05) is 21.8 Å². The van der Waals surface area contributed by atoms with Crippen molar-refractivity contribution in [1.29, 1.82) is 0 Å². The molecule has 1 saturated carbocycles. The maximum atomic E-state index is 9.50. The maximum Gasteiger partial charge on any atom is 0.107 e. The highest BCUT2D eigenvalue weighted by Crippen LogP contribution is 2.28. The number of nitrogens with two attached hydrogens (primary N) is 1. The second kappa shape index (κ2) is 5.99. The largest absolute Gasteiger partial charge is 0.393 e. The lowest BCUT2D eigenvalue weighted by molar-refractivity contribution is 0.126. The number of benzene rings is 1. The number of aliphatic hydroxyl groups excluding tert-OH is 1. The number of rotatable bonds is 3. The molecule has 1 aliphatic carbocycles. The topological polar surface area (TPSA) is 58.3 Å². The molecule has 1 aromatic rings. The minimum Gasteiger partial charge on any atom is -0.393 e. The van der Waals surface area contributed by atoms with Crippen LogP contribution in [0.3, 0.4) is 0 Å². The molecule has 0 spiro atoms. The van der Waals surface area contributed by atoms with Gasteiger partial charge in [-0.2, -0.15) is 0 Å². The molecule has 0 saturated heterocycles. The normalized spacial score (nSPS) is 23.7. The fourth-order valence-electron chi connectivity index (χ4n) is 2.33. The van der Waals surface area contributed by atoms with E-state index in [0.717, 1.165) is 41.4 Å². The Morgan fingerprint density at radius 1 is 1.33 bits per heavy atom. The molecule has 1 aromatic carbocycles. The molecule has 2 rings (SSSR count). The van der Waals surface area contributed by atoms with Crippen molar-refractivity contribution in [2.24, 2.45) is 5.73 Å². The van der Waals surface area contributed by atoms with Crippen LogP contribution < -0.4 is 11.1 Å². The summed E-state index contributed by atoms with van der Waals surface area (Å²) >= 11 is 8.57. The molecular weight excluding hydrogens is 312 g/mol. The van der Waals surface area contributed by atoms with Crippen LogP contribution in [0.4, 0.5) is 5.69 Å². The molecule has 0 aliphatic heterocycles. The predicted molar refractivity (Wildman–Crippen MR) is 81.9 cm³/mol. The highest BCUT2D eigenvalue weighted by atomic mass is 79.9. The van der Waals surface area contributed by atoms with E-state index in [0.29, 0.717) is 11.0 Å². The Morgan fingerprint density at radius 2 is 2.00 bits per heavy atom. The molecule has 0 bridgehead atoms. The van der Waals surface area contributed by atoms with Gasteiger partial charge in [-0.3, -0.25) is 0 Å². The lowest BCUT2D eigenvalue weighted by Gasteiger charge is -2.28. The standard InChI is InChI=1S/C13H17BrN2OS/c14-10-2-1-3-11(12(10)13(15)18)16-8-4-6-9(17)7-5-8/h1-3,8-9,16-17H,4-7H2,(H2,15,18). The molecule has 1 fully saturated rings. The Balaban J connectivity index is 2.14. The number of aliphatic hydroxyl groups is 1. The Morgan fingerprint density at radius 3 is 2.61 bits per heavy atom. The van der Waals surface area contributed by atoms with Crippen molar-refractivity contribution in [2.75, 3.05) is 5.32 Å². The second-order valence-corrected chi connectivity index (χ2v) is 5.97. The average Bonchev–Trinajstić information content (AvgIpc) is 2.32. The summed E-state index contributed by atoms with van der Waals surface area (Å²) < 4.78 is 0.913. The van der Waals surface area contributed by atoms with Crippen LogP contribution in [-0.4, -0.2) is 22.2 Å². The number of hydrogen-bond donors (Lipinski definition) is 3. The molecule has 3 nitrogen and oxygen atoms in total. The van der Waals surface area contributed by atoms with E-state index in [1.165, 1.54) is 0 Å². The third-order valence-corrected chi connectivity index (χ3v) is 4.18. The van der Waals surface area contributed by atoms with Crippen molar-refractivity contribution < 1.29 is 5.11 Å². The molecule has 18 heavy (non-hydrogen) atoms. The van der Waals surface area contributed by atoms with Crippen LogP contribution in [0.15, 0.2) is 22.7 Å². The van der Waals surface area contributed by atoms with Crippen LogP contribution in [-0.2, 0) is 0 Å². The van der Waals surface area contributed by atoms with Crippen LogP contribution >= 0.6 is 28.1 Å². The van der Waals surface area contributed by atoms with Crippen LogP contribution in [0.2, 0.25) is 0 Å². The van der Waals surface area contributed by atoms with Crippen LogP contribution in [0.1, 0.15) is 31.2 Å². The molecule has 0 unspecified atom stereocenters. The second-order valence-electron chi connectivity index (χ2n) is 4.68. The molecule has 0 amide bonds. The van der Waals surface area contributed by atoms with Crippen LogP contribution in [0.25, 0.3) is 0 Å². The smallest absolute Gasteiger partial charge is 0.107 e. The fraction of sp³-hybridized carbons (Fsp3) is 0.462. The molecule has 98 valence electrons. The third kappa shape index (κ3) is 3.22. The van der Waals surface area contributed by atoms with Gasteiger partial charge in [-0.05, 0) is 53.7 Å². The van der Waals surface area contributed by atoms with Gasteiger partial charge in [-0.25, -0.2) is 0 Å². The quantitative estimate of drug-likeness (QED) is 0.747. The Bertz CT molecular complexity index is 445. The highest BCUT2D eigenvalue weighted by Gasteiger charge is 2.20. The average molecular weight is 329 g/mol. The van der Waals surface area contributed by atoms with Crippen molar-refractivity contribution in [3.63, 3.8) is 0 Å². The maximum absolute atomic E-state index is 9.50. The Hall–Kier alpha value is -0.650. The van der Waals surface area contributed by atoms with E-state index in [2.05, 4.69) is 21.2 Å². The molecule has 4 N–H and O–H groups in total. The van der Waals surface area contributed by atoms with Gasteiger partial charge in [0.05, 0.1) is 6.10 Å². The van der Waals surface area contributed by atoms with E-state index >= 15 is 0 Å². The first-order valence-electron chi connectivity index (χ1n) is 6.11. The van der Waals surface area contributed by atoms with Crippen molar-refractivity contribution >= 4 is 38.8 Å². The molecule has 1 aliphatic rings. The van der Waals surface area contributed by atoms with E-state index in [9.17, 15) is 5.11 Å². The fourth-order valence-corrected chi connectivity index (χ4v) is 3.27. The summed E-state index contributed by atoms with van der Waals surface area (Å²) in [7, 11) is 0. The minimum atomic E-state index is -0.138. The van der Waals surface area contributed by atoms with Gasteiger partial charge in [0.1, 0.15) is 4.99 Å². The lowest BCUT2D eigenvalue weighted by atomic mass is 9.93. The van der Waals surface area contributed by atoms with Gasteiger partial charge >= 0.3 is 0 Å². The van der Waals surface area contributed by atoms with E-state index < -0.39 is 0 Å². The molecule has 5 heteroatoms. The van der Waals surface area contributed by atoms with Crippen molar-refractivity contribution in [1.82, 2.24) is 0 Å². The molecular formula is C13H17BrN2OS. The molecule has 0 aromatic heterocycles. The Kier molecular flexibility index (Phi) is 4.59. The zero-order chi connectivity index (χ0) is 13.1. The van der Waals surface area contributed by atoms with Gasteiger partial charge in [-0.1, -0.05) is 18.3 Å². The summed E-state index contributed by atoms with van der Waals surface area (Å²) in [4.78, 5) is 0.390. The summed E-state index contributed by atoms with van der Waals surface area (Å²) in [6.45, 7) is 0. The summed E-state index contributed by atoms with van der Waals surface area (Å²) in [5.41, 5.74) is 7.59. The van der Waals surface area contributed by atoms with E-state index in [1.807, 2.05) is 18.2 Å². The molecule has 0 heterocycles. The first-order chi connectivity index (χ1) is 8.58. The SMILES string of the molecule is NC(=S)c1c(Br)cccc1NC1CCC(O)CC1. The summed E-state index contributed by atoms with van der Waals surface area (Å²) in [6.07, 6.45) is 3.53. The van der Waals surface area contributed by atoms with E-state index in [4.69, 9.17) is 18.0 Å². The number of anilines is 1. The molecule has 0 radical (unpaired) electrons. The number of nitrogens with one attached hydrogen (secondary N) is 1. The predicted octanol–water partition coefficient (Wildman–Crippen LogP) is 2.80. The van der Waals surface area contributed by atoms with Gasteiger partial charge in [0.2, 0.25) is 0 Å². The first kappa shape index (κ1) is 13.8. The van der Waals surface area contributed by atoms with Gasteiger partial charge in [-0.15, -0.1) is 0 Å².